The molecule has 17 heavy (non-hydrogen) atoms. The number of nitrogens with two attached hydrogens (primary N) is 1. The molecule has 97 valence electrons. The second-order valence-electron chi connectivity index (χ2n) is 4.75. The first-order chi connectivity index (χ1) is 7.77. The van der Waals surface area contributed by atoms with Crippen molar-refractivity contribution in [1.82, 2.24) is 0 Å². The maximum atomic E-state index is 10.5. The van der Waals surface area contributed by atoms with Gasteiger partial charge in [0.05, 0.1) is 0 Å². The van der Waals surface area contributed by atoms with Crippen molar-refractivity contribution in [3.8, 4) is 0 Å². The molecule has 0 unspecified atom stereocenters. The van der Waals surface area contributed by atoms with Crippen LogP contribution in [0.1, 0.15) is 84.0 Å². The number of amides is 1. The first-order valence-electron chi connectivity index (χ1n) is 7.05. The van der Waals surface area contributed by atoms with Crippen LogP contribution in [-0.4, -0.2) is 35.5 Å². The van der Waals surface area contributed by atoms with Gasteiger partial charge in [-0.05, 0) is 6.42 Å². The minimum Gasteiger partial charge on any atom is -0.370 e. The van der Waals surface area contributed by atoms with E-state index in [1.54, 1.807) is 0 Å². The first kappa shape index (κ1) is 19.8. The molecule has 0 bridgehead atoms. The van der Waals surface area contributed by atoms with Crippen LogP contribution >= 0.6 is 0 Å². The van der Waals surface area contributed by atoms with Crippen molar-refractivity contribution in [2.45, 2.75) is 84.0 Å². The molecule has 0 saturated carbocycles. The van der Waals surface area contributed by atoms with Crippen LogP contribution in [0.3, 0.4) is 0 Å². The molecular formula is C14H29NNaO. The molecule has 0 rings (SSSR count). The molecule has 0 aliphatic rings. The first-order valence-corrected chi connectivity index (χ1v) is 7.05. The van der Waals surface area contributed by atoms with Gasteiger partial charge in [-0.25, -0.2) is 0 Å². The number of carbonyl (C=O) groups excluding carboxylic acids is 1. The Kier molecular flexibility index (Phi) is 19.2. The van der Waals surface area contributed by atoms with Crippen molar-refractivity contribution < 1.29 is 4.79 Å². The Hall–Kier alpha value is 0.470. The third-order valence-electron chi connectivity index (χ3n) is 3.03. The summed E-state index contributed by atoms with van der Waals surface area (Å²) in [6.07, 6.45) is 15.0. The van der Waals surface area contributed by atoms with Gasteiger partial charge in [0, 0.05) is 36.0 Å². The van der Waals surface area contributed by atoms with E-state index in [0.29, 0.717) is 6.42 Å². The SMILES string of the molecule is CCCCCCCCCCCCCC(N)=O.[Na]. The van der Waals surface area contributed by atoms with Crippen LogP contribution in [-0.2, 0) is 4.79 Å². The summed E-state index contributed by atoms with van der Waals surface area (Å²) in [4.78, 5) is 10.5. The maximum absolute atomic E-state index is 10.5. The summed E-state index contributed by atoms with van der Waals surface area (Å²) in [7, 11) is 0. The van der Waals surface area contributed by atoms with Crippen molar-refractivity contribution in [2.75, 3.05) is 0 Å². The quantitative estimate of drug-likeness (QED) is 0.415. The van der Waals surface area contributed by atoms with Gasteiger partial charge in [0.2, 0.25) is 5.91 Å². The molecule has 0 aliphatic heterocycles. The van der Waals surface area contributed by atoms with Gasteiger partial charge >= 0.3 is 0 Å². The average molecular weight is 250 g/mol. The minimum absolute atomic E-state index is 0. The largest absolute Gasteiger partial charge is 0.370 e. The van der Waals surface area contributed by atoms with E-state index < -0.39 is 0 Å². The summed E-state index contributed by atoms with van der Waals surface area (Å²) in [5, 5.41) is 0. The predicted octanol–water partition coefficient (Wildman–Crippen LogP) is 3.79. The summed E-state index contributed by atoms with van der Waals surface area (Å²) in [6.45, 7) is 2.26. The topological polar surface area (TPSA) is 43.1 Å². The number of rotatable bonds is 12. The Labute approximate surface area is 129 Å². The standard InChI is InChI=1S/C14H29NO.Na/c1-2-3-4-5-6-7-8-9-10-11-12-13-14(15)16;/h2-13H2,1H3,(H2,15,16);. The van der Waals surface area contributed by atoms with Crippen molar-refractivity contribution in [1.29, 1.82) is 0 Å². The Morgan fingerprint density at radius 2 is 1.12 bits per heavy atom. The van der Waals surface area contributed by atoms with Gasteiger partial charge in [-0.1, -0.05) is 71.1 Å². The van der Waals surface area contributed by atoms with Crippen molar-refractivity contribution in [3.05, 3.63) is 0 Å². The van der Waals surface area contributed by atoms with E-state index in [1.165, 1.54) is 64.2 Å². The Morgan fingerprint density at radius 1 is 0.765 bits per heavy atom. The molecule has 0 spiro atoms. The summed E-state index contributed by atoms with van der Waals surface area (Å²) in [5.41, 5.74) is 5.07. The van der Waals surface area contributed by atoms with Crippen LogP contribution in [0.15, 0.2) is 0 Å². The minimum atomic E-state index is -0.157. The predicted molar refractivity (Wildman–Crippen MR) is 76.0 cm³/mol. The van der Waals surface area contributed by atoms with Crippen molar-refractivity contribution in [3.63, 3.8) is 0 Å². The van der Waals surface area contributed by atoms with E-state index >= 15 is 0 Å². The van der Waals surface area contributed by atoms with E-state index in [2.05, 4.69) is 6.92 Å². The number of hydrogen-bond acceptors (Lipinski definition) is 1. The molecule has 0 aromatic carbocycles. The molecule has 0 atom stereocenters. The molecule has 0 aromatic heterocycles. The fourth-order valence-corrected chi connectivity index (χ4v) is 1.96. The summed E-state index contributed by atoms with van der Waals surface area (Å²) in [5.74, 6) is -0.157. The van der Waals surface area contributed by atoms with Gasteiger partial charge in [-0.2, -0.15) is 0 Å². The molecule has 0 fully saturated rings. The average Bonchev–Trinajstić information content (AvgIpc) is 2.25. The van der Waals surface area contributed by atoms with E-state index in [-0.39, 0.29) is 35.5 Å². The Balaban J connectivity index is 0. The molecule has 1 amide bonds. The molecule has 0 aliphatic carbocycles. The van der Waals surface area contributed by atoms with Gasteiger partial charge in [-0.3, -0.25) is 4.79 Å². The summed E-state index contributed by atoms with van der Waals surface area (Å²) in [6, 6.07) is 0. The number of carbonyl (C=O) groups is 1. The van der Waals surface area contributed by atoms with Gasteiger partial charge in [0.15, 0.2) is 0 Å². The Bertz CT molecular complexity index is 162. The molecule has 0 saturated heterocycles. The smallest absolute Gasteiger partial charge is 0.217 e. The summed E-state index contributed by atoms with van der Waals surface area (Å²) >= 11 is 0. The molecule has 1 radical (unpaired) electrons. The normalized spacial score (nSPS) is 9.94. The van der Waals surface area contributed by atoms with Crippen LogP contribution in [0.25, 0.3) is 0 Å². The van der Waals surface area contributed by atoms with E-state index in [9.17, 15) is 4.79 Å². The van der Waals surface area contributed by atoms with Gasteiger partial charge < -0.3 is 5.73 Å². The van der Waals surface area contributed by atoms with Crippen LogP contribution < -0.4 is 5.73 Å². The molecule has 0 aromatic rings. The van der Waals surface area contributed by atoms with Crippen LogP contribution in [0.5, 0.6) is 0 Å². The van der Waals surface area contributed by atoms with E-state index in [0.717, 1.165) is 6.42 Å². The van der Waals surface area contributed by atoms with Crippen LogP contribution in [0.2, 0.25) is 0 Å². The molecule has 0 heterocycles. The van der Waals surface area contributed by atoms with Crippen molar-refractivity contribution in [2.24, 2.45) is 5.73 Å². The second kappa shape index (κ2) is 16.5. The fraction of sp³-hybridized carbons (Fsp3) is 0.929. The molecular weight excluding hydrogens is 221 g/mol. The molecule has 2 nitrogen and oxygen atoms in total. The van der Waals surface area contributed by atoms with E-state index in [4.69, 9.17) is 5.73 Å². The second-order valence-corrected chi connectivity index (χ2v) is 4.75. The number of primary amides is 1. The summed E-state index contributed by atoms with van der Waals surface area (Å²) < 4.78 is 0. The van der Waals surface area contributed by atoms with Gasteiger partial charge in [0.1, 0.15) is 0 Å². The zero-order valence-corrected chi connectivity index (χ0v) is 14.0. The monoisotopic (exact) mass is 250 g/mol. The third-order valence-corrected chi connectivity index (χ3v) is 3.03. The van der Waals surface area contributed by atoms with Crippen LogP contribution in [0, 0.1) is 0 Å². The molecule has 3 heteroatoms. The maximum Gasteiger partial charge on any atom is 0.217 e. The molecule has 2 N–H and O–H groups in total. The zero-order valence-electron chi connectivity index (χ0n) is 12.0. The number of hydrogen-bond donors (Lipinski definition) is 1. The van der Waals surface area contributed by atoms with Gasteiger partial charge in [0.25, 0.3) is 0 Å². The van der Waals surface area contributed by atoms with Crippen LogP contribution in [0.4, 0.5) is 0 Å². The zero-order chi connectivity index (χ0) is 12.1. The van der Waals surface area contributed by atoms with E-state index in [1.807, 2.05) is 0 Å². The third kappa shape index (κ3) is 19.0. The number of unbranched alkanes of at least 4 members (excludes halogenated alkanes) is 10. The fourth-order valence-electron chi connectivity index (χ4n) is 1.96. The van der Waals surface area contributed by atoms with Gasteiger partial charge in [-0.15, -0.1) is 0 Å². The van der Waals surface area contributed by atoms with Crippen molar-refractivity contribution >= 4 is 35.5 Å². The Morgan fingerprint density at radius 3 is 1.47 bits per heavy atom.